The summed E-state index contributed by atoms with van der Waals surface area (Å²) in [6.45, 7) is 2.13. The third-order valence-corrected chi connectivity index (χ3v) is 4.84. The van der Waals surface area contributed by atoms with Crippen LogP contribution in [-0.4, -0.2) is 4.57 Å². The Morgan fingerprint density at radius 2 is 1.33 bits per heavy atom. The van der Waals surface area contributed by atoms with Crippen molar-refractivity contribution in [2.45, 2.75) is 6.92 Å². The molecule has 0 unspecified atom stereocenters. The van der Waals surface area contributed by atoms with E-state index < -0.39 is 0 Å². The first kappa shape index (κ1) is 13.4. The molecule has 1 aliphatic carbocycles. The van der Waals surface area contributed by atoms with E-state index in [2.05, 4.69) is 96.6 Å². The average molecular weight is 307 g/mol. The molecule has 3 aromatic rings. The maximum Gasteiger partial charge on any atom is 0.0612 e. The molecule has 1 aliphatic heterocycles. The summed E-state index contributed by atoms with van der Waals surface area (Å²) in [5, 5.41) is 5.18. The van der Waals surface area contributed by atoms with E-state index in [0.29, 0.717) is 0 Å². The van der Waals surface area contributed by atoms with Gasteiger partial charge in [0.15, 0.2) is 0 Å². The molecule has 0 N–H and O–H groups in total. The van der Waals surface area contributed by atoms with E-state index in [1.165, 1.54) is 44.1 Å². The number of aryl methyl sites for hydroxylation is 1. The van der Waals surface area contributed by atoms with Crippen molar-refractivity contribution in [3.05, 3.63) is 90.6 Å². The van der Waals surface area contributed by atoms with E-state index in [-0.39, 0.29) is 0 Å². The minimum absolute atomic E-state index is 1.20. The standard InChI is InChI=1S/C23H17N/c1-16-10-12-19(13-11-16)24-15-18-7-3-4-8-20(18)22-14-17-6-2-5-9-21(17)23(22)24/h2-15H,1H3. The maximum atomic E-state index is 2.33. The highest BCUT2D eigenvalue weighted by Gasteiger charge is 2.17. The fourth-order valence-electron chi connectivity index (χ4n) is 3.64. The number of aromatic nitrogens is 1. The second-order valence-corrected chi connectivity index (χ2v) is 6.42. The van der Waals surface area contributed by atoms with Gasteiger partial charge in [0, 0.05) is 22.8 Å². The molecular weight excluding hydrogens is 290 g/mol. The number of benzene rings is 3. The summed E-state index contributed by atoms with van der Waals surface area (Å²) in [7, 11) is 0. The van der Waals surface area contributed by atoms with E-state index >= 15 is 0 Å². The van der Waals surface area contributed by atoms with Crippen LogP contribution in [-0.2, 0) is 0 Å². The first-order valence-electron chi connectivity index (χ1n) is 8.30. The minimum Gasteiger partial charge on any atom is -0.315 e. The fourth-order valence-corrected chi connectivity index (χ4v) is 3.64. The van der Waals surface area contributed by atoms with Crippen molar-refractivity contribution in [1.29, 1.82) is 0 Å². The molecule has 5 rings (SSSR count). The van der Waals surface area contributed by atoms with Crippen LogP contribution in [0.25, 0.3) is 38.5 Å². The monoisotopic (exact) mass is 307 g/mol. The van der Waals surface area contributed by atoms with Gasteiger partial charge in [0.25, 0.3) is 0 Å². The number of fused-ring (bicyclic) bond motifs is 5. The number of pyridine rings is 1. The number of hydrogen-bond acceptors (Lipinski definition) is 0. The predicted octanol–water partition coefficient (Wildman–Crippen LogP) is 6.20. The number of hydrogen-bond donors (Lipinski definition) is 0. The highest BCUT2D eigenvalue weighted by atomic mass is 15.0. The van der Waals surface area contributed by atoms with Crippen LogP contribution in [0.15, 0.2) is 85.1 Å². The van der Waals surface area contributed by atoms with Crippen LogP contribution in [0.5, 0.6) is 0 Å². The molecule has 0 radical (unpaired) electrons. The molecule has 1 heterocycles. The molecular formula is C23H17N. The van der Waals surface area contributed by atoms with Crippen molar-refractivity contribution in [3.63, 3.8) is 0 Å². The molecule has 0 aromatic heterocycles. The molecule has 0 atom stereocenters. The second kappa shape index (κ2) is 4.97. The summed E-state index contributed by atoms with van der Waals surface area (Å²) in [4.78, 5) is 0. The molecule has 0 saturated heterocycles. The van der Waals surface area contributed by atoms with Gasteiger partial charge in [-0.05, 0) is 41.3 Å². The summed E-state index contributed by atoms with van der Waals surface area (Å²) in [6.07, 6.45) is 2.26. The van der Waals surface area contributed by atoms with Crippen molar-refractivity contribution in [2.24, 2.45) is 0 Å². The molecule has 1 heteroatoms. The molecule has 2 aliphatic rings. The quantitative estimate of drug-likeness (QED) is 0.347. The molecule has 114 valence electrons. The minimum atomic E-state index is 1.20. The van der Waals surface area contributed by atoms with Crippen LogP contribution in [0.1, 0.15) is 5.56 Å². The molecule has 0 amide bonds. The lowest BCUT2D eigenvalue weighted by Crippen LogP contribution is -2.00. The first-order chi connectivity index (χ1) is 11.8. The Hall–Kier alpha value is -3.06. The Morgan fingerprint density at radius 1 is 0.667 bits per heavy atom. The van der Waals surface area contributed by atoms with Gasteiger partial charge in [-0.2, -0.15) is 0 Å². The fraction of sp³-hybridized carbons (Fsp3) is 0.0435. The normalized spacial score (nSPS) is 11.5. The van der Waals surface area contributed by atoms with E-state index in [4.69, 9.17) is 0 Å². The van der Waals surface area contributed by atoms with E-state index in [9.17, 15) is 0 Å². The lowest BCUT2D eigenvalue weighted by molar-refractivity contribution is 1.08. The zero-order chi connectivity index (χ0) is 16.1. The van der Waals surface area contributed by atoms with E-state index in [1.54, 1.807) is 0 Å². The van der Waals surface area contributed by atoms with Crippen molar-refractivity contribution in [1.82, 2.24) is 4.57 Å². The molecule has 3 aromatic carbocycles. The van der Waals surface area contributed by atoms with Crippen LogP contribution >= 0.6 is 0 Å². The van der Waals surface area contributed by atoms with Gasteiger partial charge in [-0.3, -0.25) is 0 Å². The summed E-state index contributed by atoms with van der Waals surface area (Å²) in [6, 6.07) is 28.4. The van der Waals surface area contributed by atoms with Gasteiger partial charge in [0.05, 0.1) is 5.69 Å². The van der Waals surface area contributed by atoms with E-state index in [1.807, 2.05) is 0 Å². The smallest absolute Gasteiger partial charge is 0.0612 e. The van der Waals surface area contributed by atoms with Crippen molar-refractivity contribution >= 4 is 21.5 Å². The van der Waals surface area contributed by atoms with Crippen molar-refractivity contribution in [2.75, 3.05) is 0 Å². The van der Waals surface area contributed by atoms with Gasteiger partial charge in [0.2, 0.25) is 0 Å². The Labute approximate surface area is 141 Å². The van der Waals surface area contributed by atoms with E-state index in [0.717, 1.165) is 0 Å². The van der Waals surface area contributed by atoms with Crippen molar-refractivity contribution < 1.29 is 0 Å². The molecule has 1 nitrogen and oxygen atoms in total. The SMILES string of the molecule is Cc1ccc(-n2cc3ccccc3c3cc4ccccc4c2-3)cc1. The van der Waals surface area contributed by atoms with Gasteiger partial charge in [0.1, 0.15) is 0 Å². The zero-order valence-electron chi connectivity index (χ0n) is 13.5. The van der Waals surface area contributed by atoms with Gasteiger partial charge in [-0.25, -0.2) is 0 Å². The van der Waals surface area contributed by atoms with Crippen LogP contribution < -0.4 is 0 Å². The highest BCUT2D eigenvalue weighted by molar-refractivity contribution is 6.10. The lowest BCUT2D eigenvalue weighted by atomic mass is 10.0. The lowest BCUT2D eigenvalue weighted by Gasteiger charge is -2.17. The Kier molecular flexibility index (Phi) is 2.77. The predicted molar refractivity (Wildman–Crippen MR) is 102 cm³/mol. The Balaban J connectivity index is 1.98. The van der Waals surface area contributed by atoms with Crippen LogP contribution in [0, 0.1) is 6.92 Å². The molecule has 0 saturated carbocycles. The molecule has 24 heavy (non-hydrogen) atoms. The maximum absolute atomic E-state index is 2.33. The summed E-state index contributed by atoms with van der Waals surface area (Å²) in [5.74, 6) is 0. The zero-order valence-corrected chi connectivity index (χ0v) is 13.5. The van der Waals surface area contributed by atoms with Crippen LogP contribution in [0.3, 0.4) is 0 Å². The van der Waals surface area contributed by atoms with Crippen LogP contribution in [0.2, 0.25) is 0 Å². The number of rotatable bonds is 1. The number of nitrogens with zero attached hydrogens (tertiary/aromatic N) is 1. The molecule has 0 spiro atoms. The largest absolute Gasteiger partial charge is 0.315 e. The van der Waals surface area contributed by atoms with Crippen molar-refractivity contribution in [3.8, 4) is 16.9 Å². The highest BCUT2D eigenvalue weighted by Crippen LogP contribution is 2.40. The summed E-state index contributed by atoms with van der Waals surface area (Å²) in [5.41, 5.74) is 5.08. The first-order valence-corrected chi connectivity index (χ1v) is 8.30. The third-order valence-electron chi connectivity index (χ3n) is 4.84. The van der Waals surface area contributed by atoms with Gasteiger partial charge < -0.3 is 4.57 Å². The second-order valence-electron chi connectivity index (χ2n) is 6.42. The van der Waals surface area contributed by atoms with Gasteiger partial charge in [-0.15, -0.1) is 0 Å². The summed E-state index contributed by atoms with van der Waals surface area (Å²) >= 11 is 0. The molecule has 0 fully saturated rings. The third kappa shape index (κ3) is 1.88. The van der Waals surface area contributed by atoms with Crippen LogP contribution in [0.4, 0.5) is 0 Å². The van der Waals surface area contributed by atoms with Gasteiger partial charge >= 0.3 is 0 Å². The Morgan fingerprint density at radius 3 is 2.12 bits per heavy atom. The topological polar surface area (TPSA) is 4.93 Å². The Bertz CT molecular complexity index is 1150. The molecule has 0 bridgehead atoms. The average Bonchev–Trinajstić information content (AvgIpc) is 3.02. The summed E-state index contributed by atoms with van der Waals surface area (Å²) < 4.78 is 2.33. The van der Waals surface area contributed by atoms with Gasteiger partial charge in [-0.1, -0.05) is 66.2 Å².